The molecule has 0 saturated heterocycles. The summed E-state index contributed by atoms with van der Waals surface area (Å²) >= 11 is 0. The van der Waals surface area contributed by atoms with Crippen molar-refractivity contribution in [2.45, 2.75) is 141 Å². The van der Waals surface area contributed by atoms with Crippen molar-refractivity contribution >= 4 is 0 Å². The van der Waals surface area contributed by atoms with Crippen LogP contribution in [0.15, 0.2) is 0 Å². The third kappa shape index (κ3) is 4.51. The molecule has 5 aliphatic carbocycles. The highest BCUT2D eigenvalue weighted by Crippen LogP contribution is 2.69. The smallest absolute Gasteiger partial charge is 0.393 e. The molecule has 202 valence electrons. The van der Waals surface area contributed by atoms with E-state index in [4.69, 9.17) is 0 Å². The molecule has 1 unspecified atom stereocenters. The van der Waals surface area contributed by atoms with E-state index in [0.717, 1.165) is 38.0 Å². The van der Waals surface area contributed by atoms with Crippen molar-refractivity contribution < 1.29 is 23.4 Å². The second kappa shape index (κ2) is 9.47. The molecule has 0 bridgehead atoms. The van der Waals surface area contributed by atoms with Crippen LogP contribution in [0.4, 0.5) is 13.2 Å². The topological polar surface area (TPSA) is 40.5 Å². The molecule has 5 heteroatoms. The number of aliphatic hydroxyl groups excluding tert-OH is 1. The standard InChI is InChI=1S/C30H49F3O2/c1-27-16-15-25-23(13-11-22-19-29(35,30(31,32)33)18-17-28(22,25)2)24(27)14-12-21(27)9-6-10-26(34)20-7-4-3-5-8-20/h20-26,34-35H,3-19H2,1-2H3/t21-,22-,23-,24-,25-,26?,27+,28-,29-/m0/s1. The first-order chi connectivity index (χ1) is 16.5. The van der Waals surface area contributed by atoms with Crippen LogP contribution in [0.2, 0.25) is 0 Å². The van der Waals surface area contributed by atoms with Gasteiger partial charge >= 0.3 is 6.18 Å². The Labute approximate surface area is 210 Å². The molecule has 9 atom stereocenters. The monoisotopic (exact) mass is 498 g/mol. The van der Waals surface area contributed by atoms with E-state index in [2.05, 4.69) is 13.8 Å². The summed E-state index contributed by atoms with van der Waals surface area (Å²) in [7, 11) is 0. The maximum absolute atomic E-state index is 13.6. The van der Waals surface area contributed by atoms with Gasteiger partial charge in [-0.1, -0.05) is 39.5 Å². The Hall–Kier alpha value is -0.290. The molecule has 2 N–H and O–H groups in total. The minimum Gasteiger partial charge on any atom is -0.393 e. The molecular formula is C30H49F3O2. The van der Waals surface area contributed by atoms with Crippen LogP contribution in [0.25, 0.3) is 0 Å². The lowest BCUT2D eigenvalue weighted by Gasteiger charge is -2.62. The molecule has 0 heterocycles. The van der Waals surface area contributed by atoms with E-state index >= 15 is 0 Å². The minimum atomic E-state index is -4.51. The first-order valence-corrected chi connectivity index (χ1v) is 15.0. The van der Waals surface area contributed by atoms with Crippen molar-refractivity contribution in [3.63, 3.8) is 0 Å². The maximum atomic E-state index is 13.6. The SMILES string of the molecule is C[C@]12CC[C@@](O)(C(F)(F)F)C[C@@H]1CC[C@@H]1[C@@H]2CC[C@]2(C)[C@@H](CCCC(O)C3CCCCC3)CC[C@@H]12. The minimum absolute atomic E-state index is 0.00745. The van der Waals surface area contributed by atoms with Gasteiger partial charge in [0.25, 0.3) is 0 Å². The van der Waals surface area contributed by atoms with Crippen LogP contribution in [0.5, 0.6) is 0 Å². The average molecular weight is 499 g/mol. The van der Waals surface area contributed by atoms with Crippen molar-refractivity contribution in [1.82, 2.24) is 0 Å². The maximum Gasteiger partial charge on any atom is 0.417 e. The fourth-order valence-corrected chi connectivity index (χ4v) is 10.4. The van der Waals surface area contributed by atoms with Crippen LogP contribution in [-0.4, -0.2) is 28.1 Å². The van der Waals surface area contributed by atoms with E-state index in [-0.39, 0.29) is 30.3 Å². The highest BCUT2D eigenvalue weighted by molar-refractivity contribution is 5.11. The van der Waals surface area contributed by atoms with Gasteiger partial charge in [-0.3, -0.25) is 0 Å². The number of hydrogen-bond donors (Lipinski definition) is 2. The van der Waals surface area contributed by atoms with E-state index in [9.17, 15) is 23.4 Å². The second-order valence-corrected chi connectivity index (χ2v) is 14.1. The van der Waals surface area contributed by atoms with Gasteiger partial charge in [-0.25, -0.2) is 0 Å². The summed E-state index contributed by atoms with van der Waals surface area (Å²) < 4.78 is 40.8. The number of rotatable bonds is 5. The van der Waals surface area contributed by atoms with Gasteiger partial charge in [0.05, 0.1) is 6.10 Å². The third-order valence-electron chi connectivity index (χ3n) is 12.7. The summed E-state index contributed by atoms with van der Waals surface area (Å²) in [4.78, 5) is 0. The van der Waals surface area contributed by atoms with Crippen LogP contribution in [0.3, 0.4) is 0 Å². The number of fused-ring (bicyclic) bond motifs is 5. The molecule has 5 aliphatic rings. The van der Waals surface area contributed by atoms with Gasteiger partial charge in [0.2, 0.25) is 0 Å². The zero-order chi connectivity index (χ0) is 25.1. The van der Waals surface area contributed by atoms with Crippen LogP contribution >= 0.6 is 0 Å². The molecule has 0 aliphatic heterocycles. The van der Waals surface area contributed by atoms with Crippen molar-refractivity contribution in [3.05, 3.63) is 0 Å². The Morgan fingerprint density at radius 2 is 1.54 bits per heavy atom. The van der Waals surface area contributed by atoms with E-state index < -0.39 is 11.8 Å². The van der Waals surface area contributed by atoms with Crippen molar-refractivity contribution in [3.8, 4) is 0 Å². The number of alkyl halides is 3. The largest absolute Gasteiger partial charge is 0.417 e. The van der Waals surface area contributed by atoms with Crippen molar-refractivity contribution in [1.29, 1.82) is 0 Å². The zero-order valence-electron chi connectivity index (χ0n) is 22.1. The molecule has 0 aromatic rings. The molecule has 0 aromatic carbocycles. The predicted octanol–water partition coefficient (Wildman–Crippen LogP) is 8.05. The van der Waals surface area contributed by atoms with Crippen LogP contribution in [-0.2, 0) is 0 Å². The van der Waals surface area contributed by atoms with Gasteiger partial charge in [0.15, 0.2) is 5.60 Å². The van der Waals surface area contributed by atoms with Gasteiger partial charge in [0, 0.05) is 0 Å². The van der Waals surface area contributed by atoms with Gasteiger partial charge in [-0.2, -0.15) is 13.2 Å². The quantitative estimate of drug-likeness (QED) is 0.402. The first-order valence-electron chi connectivity index (χ1n) is 15.0. The summed E-state index contributed by atoms with van der Waals surface area (Å²) in [5.74, 6) is 3.11. The van der Waals surface area contributed by atoms with E-state index in [1.54, 1.807) is 0 Å². The van der Waals surface area contributed by atoms with Gasteiger partial charge in [-0.15, -0.1) is 0 Å². The lowest BCUT2D eigenvalue weighted by Crippen LogP contribution is -2.59. The van der Waals surface area contributed by atoms with E-state index in [1.165, 1.54) is 57.8 Å². The highest BCUT2D eigenvalue weighted by atomic mass is 19.4. The van der Waals surface area contributed by atoms with Crippen molar-refractivity contribution in [2.24, 2.45) is 46.3 Å². The number of aliphatic hydroxyl groups is 2. The Bertz CT molecular complexity index is 748. The van der Waals surface area contributed by atoms with Crippen LogP contribution in [0, 0.1) is 46.3 Å². The van der Waals surface area contributed by atoms with Crippen LogP contribution < -0.4 is 0 Å². The Morgan fingerprint density at radius 1 is 0.829 bits per heavy atom. The Morgan fingerprint density at radius 3 is 2.26 bits per heavy atom. The molecule has 0 radical (unpaired) electrons. The summed E-state index contributed by atoms with van der Waals surface area (Å²) in [5.41, 5.74) is -2.17. The fourth-order valence-electron chi connectivity index (χ4n) is 10.4. The molecule has 5 rings (SSSR count). The van der Waals surface area contributed by atoms with Crippen molar-refractivity contribution in [2.75, 3.05) is 0 Å². The Balaban J connectivity index is 1.20. The second-order valence-electron chi connectivity index (χ2n) is 14.1. The zero-order valence-corrected chi connectivity index (χ0v) is 22.1. The number of hydrogen-bond acceptors (Lipinski definition) is 2. The van der Waals surface area contributed by atoms with Gasteiger partial charge in [-0.05, 0) is 130 Å². The first kappa shape index (κ1) is 26.3. The lowest BCUT2D eigenvalue weighted by atomic mass is 9.43. The molecule has 5 fully saturated rings. The molecule has 0 aromatic heterocycles. The highest BCUT2D eigenvalue weighted by Gasteiger charge is 2.64. The molecular weight excluding hydrogens is 449 g/mol. The Kier molecular flexibility index (Phi) is 7.12. The van der Waals surface area contributed by atoms with Crippen LogP contribution in [0.1, 0.15) is 123 Å². The van der Waals surface area contributed by atoms with Gasteiger partial charge < -0.3 is 10.2 Å². The molecule has 0 spiro atoms. The van der Waals surface area contributed by atoms with E-state index in [1.807, 2.05) is 0 Å². The molecule has 0 amide bonds. The third-order valence-corrected chi connectivity index (χ3v) is 12.7. The fraction of sp³-hybridized carbons (Fsp3) is 1.00. The summed E-state index contributed by atoms with van der Waals surface area (Å²) in [6, 6.07) is 0. The lowest BCUT2D eigenvalue weighted by molar-refractivity contribution is -0.290. The van der Waals surface area contributed by atoms with E-state index in [0.29, 0.717) is 35.5 Å². The normalized spacial score (nSPS) is 47.6. The molecule has 2 nitrogen and oxygen atoms in total. The average Bonchev–Trinajstić information content (AvgIpc) is 3.16. The molecule has 35 heavy (non-hydrogen) atoms. The summed E-state index contributed by atoms with van der Waals surface area (Å²) in [6.07, 6.45) is 12.1. The number of halogens is 3. The summed E-state index contributed by atoms with van der Waals surface area (Å²) in [5, 5.41) is 21.2. The summed E-state index contributed by atoms with van der Waals surface area (Å²) in [6.45, 7) is 4.80. The molecule has 5 saturated carbocycles. The van der Waals surface area contributed by atoms with Gasteiger partial charge in [0.1, 0.15) is 0 Å². The predicted molar refractivity (Wildman–Crippen MR) is 133 cm³/mol.